The molecule has 2 rings (SSSR count). The zero-order valence-corrected chi connectivity index (χ0v) is 10.3. The van der Waals surface area contributed by atoms with Crippen molar-refractivity contribution < 1.29 is 20.1 Å². The number of phenolic OH excluding ortho intramolecular Hbond substituents is 2. The van der Waals surface area contributed by atoms with Crippen LogP contribution in [-0.4, -0.2) is 27.5 Å². The van der Waals surface area contributed by atoms with E-state index in [0.717, 1.165) is 0 Å². The number of carboxylic acids is 1. The van der Waals surface area contributed by atoms with Gasteiger partial charge in [-0.2, -0.15) is 5.10 Å². The third-order valence-corrected chi connectivity index (χ3v) is 2.52. The molecule has 2 aromatic rings. The lowest BCUT2D eigenvalue weighted by molar-refractivity contribution is 0.0697. The highest BCUT2D eigenvalue weighted by Gasteiger charge is 2.02. The summed E-state index contributed by atoms with van der Waals surface area (Å²) in [5, 5.41) is 31.3. The summed E-state index contributed by atoms with van der Waals surface area (Å²) in [6, 6.07) is 10.5. The number of benzene rings is 2. The molecule has 0 bridgehead atoms. The number of rotatable bonds is 4. The molecule has 0 heterocycles. The van der Waals surface area contributed by atoms with Gasteiger partial charge in [-0.05, 0) is 42.0 Å². The first-order valence-corrected chi connectivity index (χ1v) is 5.70. The smallest absolute Gasteiger partial charge is 0.335 e. The van der Waals surface area contributed by atoms with Crippen LogP contribution in [0.4, 0.5) is 5.69 Å². The first-order valence-electron chi connectivity index (χ1n) is 5.70. The number of hydrazone groups is 1. The Balaban J connectivity index is 2.07. The molecule has 0 saturated heterocycles. The number of carbonyl (C=O) groups is 1. The van der Waals surface area contributed by atoms with E-state index < -0.39 is 5.97 Å². The monoisotopic (exact) mass is 272 g/mol. The molecule has 0 saturated carbocycles. The molecule has 0 aliphatic carbocycles. The Morgan fingerprint density at radius 3 is 2.60 bits per heavy atom. The maximum atomic E-state index is 10.8. The van der Waals surface area contributed by atoms with Crippen molar-refractivity contribution in [3.05, 3.63) is 53.6 Å². The van der Waals surface area contributed by atoms with Crippen molar-refractivity contribution in [2.45, 2.75) is 0 Å². The van der Waals surface area contributed by atoms with Gasteiger partial charge >= 0.3 is 5.97 Å². The molecule has 0 amide bonds. The van der Waals surface area contributed by atoms with Gasteiger partial charge in [0.05, 0.1) is 17.5 Å². The van der Waals surface area contributed by atoms with Crippen LogP contribution in [0.1, 0.15) is 15.9 Å². The van der Waals surface area contributed by atoms with Crippen molar-refractivity contribution in [3.63, 3.8) is 0 Å². The molecular formula is C14H12N2O4. The summed E-state index contributed by atoms with van der Waals surface area (Å²) in [6.07, 6.45) is 1.44. The Hall–Kier alpha value is -3.02. The van der Waals surface area contributed by atoms with Crippen LogP contribution in [0.5, 0.6) is 11.5 Å². The molecule has 20 heavy (non-hydrogen) atoms. The zero-order valence-electron chi connectivity index (χ0n) is 10.3. The Morgan fingerprint density at radius 2 is 1.90 bits per heavy atom. The lowest BCUT2D eigenvalue weighted by Crippen LogP contribution is -1.97. The molecule has 6 nitrogen and oxygen atoms in total. The molecule has 0 fully saturated rings. The van der Waals surface area contributed by atoms with Gasteiger partial charge in [-0.25, -0.2) is 4.79 Å². The maximum Gasteiger partial charge on any atom is 0.335 e. The maximum absolute atomic E-state index is 10.8. The molecule has 0 aliphatic heterocycles. The van der Waals surface area contributed by atoms with Gasteiger partial charge < -0.3 is 15.3 Å². The van der Waals surface area contributed by atoms with Crippen LogP contribution >= 0.6 is 0 Å². The fourth-order valence-electron chi connectivity index (χ4n) is 1.52. The molecule has 4 N–H and O–H groups in total. The SMILES string of the molecule is O=C(O)c1cccc(N/N=C/c2ccc(O)c(O)c2)c1. The van der Waals surface area contributed by atoms with Gasteiger partial charge in [0.1, 0.15) is 0 Å². The molecule has 2 aromatic carbocycles. The number of aromatic carboxylic acids is 1. The summed E-state index contributed by atoms with van der Waals surface area (Å²) in [6.45, 7) is 0. The first-order chi connectivity index (χ1) is 9.56. The number of aromatic hydroxyl groups is 2. The average molecular weight is 272 g/mol. The van der Waals surface area contributed by atoms with Crippen molar-refractivity contribution in [1.29, 1.82) is 0 Å². The molecule has 0 spiro atoms. The summed E-state index contributed by atoms with van der Waals surface area (Å²) in [7, 11) is 0. The number of anilines is 1. The van der Waals surface area contributed by atoms with Crippen LogP contribution in [0.25, 0.3) is 0 Å². The summed E-state index contributed by atoms with van der Waals surface area (Å²) in [5.74, 6) is -1.45. The Bertz CT molecular complexity index is 668. The van der Waals surface area contributed by atoms with Crippen LogP contribution in [0.2, 0.25) is 0 Å². The van der Waals surface area contributed by atoms with Gasteiger partial charge in [0, 0.05) is 0 Å². The number of carboxylic acid groups (broad SMARTS) is 1. The number of nitrogens with one attached hydrogen (secondary N) is 1. The van der Waals surface area contributed by atoms with E-state index >= 15 is 0 Å². The molecule has 102 valence electrons. The fourth-order valence-corrected chi connectivity index (χ4v) is 1.52. The van der Waals surface area contributed by atoms with E-state index in [1.807, 2.05) is 0 Å². The molecular weight excluding hydrogens is 260 g/mol. The second-order valence-corrected chi connectivity index (χ2v) is 4.00. The number of hydrogen-bond donors (Lipinski definition) is 4. The minimum Gasteiger partial charge on any atom is -0.504 e. The number of phenols is 2. The van der Waals surface area contributed by atoms with E-state index in [1.54, 1.807) is 18.2 Å². The summed E-state index contributed by atoms with van der Waals surface area (Å²) in [4.78, 5) is 10.8. The van der Waals surface area contributed by atoms with Gasteiger partial charge in [0.15, 0.2) is 11.5 Å². The normalized spacial score (nSPS) is 10.6. The van der Waals surface area contributed by atoms with Gasteiger partial charge in [-0.15, -0.1) is 0 Å². The average Bonchev–Trinajstić information content (AvgIpc) is 2.43. The van der Waals surface area contributed by atoms with Crippen LogP contribution in [0.15, 0.2) is 47.6 Å². The molecule has 0 atom stereocenters. The van der Waals surface area contributed by atoms with E-state index in [9.17, 15) is 9.90 Å². The minimum atomic E-state index is -1.01. The Kier molecular flexibility index (Phi) is 3.85. The minimum absolute atomic E-state index is 0.160. The number of hydrogen-bond acceptors (Lipinski definition) is 5. The van der Waals surface area contributed by atoms with Crippen molar-refractivity contribution in [3.8, 4) is 11.5 Å². The summed E-state index contributed by atoms with van der Waals surface area (Å²) >= 11 is 0. The number of nitrogens with zero attached hydrogens (tertiary/aromatic N) is 1. The predicted octanol–water partition coefficient (Wildman–Crippen LogP) is 2.24. The van der Waals surface area contributed by atoms with Gasteiger partial charge in [-0.1, -0.05) is 6.07 Å². The lowest BCUT2D eigenvalue weighted by atomic mass is 10.2. The van der Waals surface area contributed by atoms with Gasteiger partial charge in [0.25, 0.3) is 0 Å². The second-order valence-electron chi connectivity index (χ2n) is 4.00. The zero-order chi connectivity index (χ0) is 14.5. The highest BCUT2D eigenvalue weighted by Crippen LogP contribution is 2.24. The van der Waals surface area contributed by atoms with Crippen molar-refractivity contribution >= 4 is 17.9 Å². The van der Waals surface area contributed by atoms with Crippen LogP contribution in [0.3, 0.4) is 0 Å². The van der Waals surface area contributed by atoms with Crippen molar-refractivity contribution in [2.75, 3.05) is 5.43 Å². The van der Waals surface area contributed by atoms with Gasteiger partial charge in [-0.3, -0.25) is 5.43 Å². The van der Waals surface area contributed by atoms with E-state index in [2.05, 4.69) is 10.5 Å². The van der Waals surface area contributed by atoms with E-state index in [4.69, 9.17) is 10.2 Å². The lowest BCUT2D eigenvalue weighted by Gasteiger charge is -2.02. The van der Waals surface area contributed by atoms with Crippen LogP contribution in [0, 0.1) is 0 Å². The van der Waals surface area contributed by atoms with Crippen LogP contribution in [-0.2, 0) is 0 Å². The fraction of sp³-hybridized carbons (Fsp3) is 0. The highest BCUT2D eigenvalue weighted by molar-refractivity contribution is 5.89. The van der Waals surface area contributed by atoms with Crippen LogP contribution < -0.4 is 5.43 Å². The highest BCUT2D eigenvalue weighted by atomic mass is 16.4. The molecule has 6 heteroatoms. The molecule has 0 unspecified atom stereocenters. The molecule has 0 aliphatic rings. The molecule has 0 aromatic heterocycles. The third-order valence-electron chi connectivity index (χ3n) is 2.52. The van der Waals surface area contributed by atoms with Crippen molar-refractivity contribution in [2.24, 2.45) is 5.10 Å². The topological polar surface area (TPSA) is 102 Å². The van der Waals surface area contributed by atoms with E-state index in [-0.39, 0.29) is 17.1 Å². The quantitative estimate of drug-likeness (QED) is 0.388. The Labute approximate surface area is 114 Å². The summed E-state index contributed by atoms with van der Waals surface area (Å²) < 4.78 is 0. The standard InChI is InChI=1S/C14H12N2O4/c17-12-5-4-9(6-13(12)18)8-15-16-11-3-1-2-10(7-11)14(19)20/h1-8,16-18H,(H,19,20)/b15-8+. The van der Waals surface area contributed by atoms with E-state index in [1.165, 1.54) is 30.5 Å². The largest absolute Gasteiger partial charge is 0.504 e. The first kappa shape index (κ1) is 13.4. The predicted molar refractivity (Wildman–Crippen MR) is 74.4 cm³/mol. The molecule has 0 radical (unpaired) electrons. The summed E-state index contributed by atoms with van der Waals surface area (Å²) in [5.41, 5.74) is 3.96. The van der Waals surface area contributed by atoms with Crippen molar-refractivity contribution in [1.82, 2.24) is 0 Å². The second kappa shape index (κ2) is 5.75. The van der Waals surface area contributed by atoms with E-state index in [0.29, 0.717) is 11.3 Å². The van der Waals surface area contributed by atoms with Gasteiger partial charge in [0.2, 0.25) is 0 Å². The third kappa shape index (κ3) is 3.26. The Morgan fingerprint density at radius 1 is 1.10 bits per heavy atom.